The first-order valence-electron chi connectivity index (χ1n) is 3.90. The zero-order chi connectivity index (χ0) is 10.1. The molecule has 2 amide bonds. The van der Waals surface area contributed by atoms with Crippen LogP contribution in [0.4, 0.5) is 10.5 Å². The third-order valence-electron chi connectivity index (χ3n) is 1.88. The molecule has 0 fully saturated rings. The smallest absolute Gasteiger partial charge is 0.329 e. The van der Waals surface area contributed by atoms with Gasteiger partial charge in [-0.05, 0) is 18.2 Å². The van der Waals surface area contributed by atoms with Crippen molar-refractivity contribution >= 4 is 35.4 Å². The van der Waals surface area contributed by atoms with E-state index >= 15 is 0 Å². The standard InChI is InChI=1S/C8H8N4OS/c9-8(13)12(14)6-1-2-7-5(3-6)4-10-11-7/h1-4,14H,(H2,9,13)(H,10,11). The summed E-state index contributed by atoms with van der Waals surface area (Å²) in [5.41, 5.74) is 6.60. The Hall–Kier alpha value is -1.69. The number of amides is 2. The maximum absolute atomic E-state index is 10.8. The number of primary amides is 1. The molecule has 0 aliphatic carbocycles. The van der Waals surface area contributed by atoms with Gasteiger partial charge in [-0.1, -0.05) is 12.8 Å². The first-order valence-corrected chi connectivity index (χ1v) is 4.30. The van der Waals surface area contributed by atoms with Crippen LogP contribution in [0, 0.1) is 0 Å². The Morgan fingerprint density at radius 3 is 3.07 bits per heavy atom. The Morgan fingerprint density at radius 2 is 2.36 bits per heavy atom. The van der Waals surface area contributed by atoms with Crippen LogP contribution in [-0.2, 0) is 0 Å². The van der Waals surface area contributed by atoms with Crippen molar-refractivity contribution in [1.82, 2.24) is 10.2 Å². The molecule has 14 heavy (non-hydrogen) atoms. The molecule has 2 rings (SSSR count). The molecule has 0 saturated heterocycles. The number of aromatic nitrogens is 2. The van der Waals surface area contributed by atoms with E-state index in [1.54, 1.807) is 18.3 Å². The van der Waals surface area contributed by atoms with Gasteiger partial charge in [0, 0.05) is 5.39 Å². The molecule has 0 unspecified atom stereocenters. The molecule has 0 saturated carbocycles. The molecule has 1 aromatic heterocycles. The molecule has 0 aliphatic heterocycles. The van der Waals surface area contributed by atoms with Crippen molar-refractivity contribution < 1.29 is 4.79 Å². The predicted molar refractivity (Wildman–Crippen MR) is 57.1 cm³/mol. The van der Waals surface area contributed by atoms with E-state index in [0.29, 0.717) is 5.69 Å². The number of nitrogens with two attached hydrogens (primary N) is 1. The van der Waals surface area contributed by atoms with Gasteiger partial charge in [0.25, 0.3) is 0 Å². The number of nitrogens with zero attached hydrogens (tertiary/aromatic N) is 2. The van der Waals surface area contributed by atoms with Crippen LogP contribution in [0.3, 0.4) is 0 Å². The predicted octanol–water partition coefficient (Wildman–Crippen LogP) is 1.29. The van der Waals surface area contributed by atoms with Crippen molar-refractivity contribution in [3.63, 3.8) is 0 Å². The number of nitrogens with one attached hydrogen (secondary N) is 1. The van der Waals surface area contributed by atoms with Crippen LogP contribution in [0.15, 0.2) is 24.4 Å². The van der Waals surface area contributed by atoms with Crippen molar-refractivity contribution in [3.05, 3.63) is 24.4 Å². The van der Waals surface area contributed by atoms with Gasteiger partial charge < -0.3 is 5.73 Å². The minimum Gasteiger partial charge on any atom is -0.350 e. The highest BCUT2D eigenvalue weighted by molar-refractivity contribution is 7.82. The molecule has 0 atom stereocenters. The molecule has 0 spiro atoms. The van der Waals surface area contributed by atoms with E-state index in [0.717, 1.165) is 15.2 Å². The molecule has 1 heterocycles. The average molecular weight is 208 g/mol. The number of anilines is 1. The maximum Gasteiger partial charge on any atom is 0.329 e. The van der Waals surface area contributed by atoms with Crippen LogP contribution in [0.25, 0.3) is 10.9 Å². The molecule has 6 heteroatoms. The number of hydrogen-bond acceptors (Lipinski definition) is 3. The van der Waals surface area contributed by atoms with Crippen LogP contribution < -0.4 is 10.0 Å². The lowest BCUT2D eigenvalue weighted by atomic mass is 10.2. The van der Waals surface area contributed by atoms with Crippen molar-refractivity contribution in [1.29, 1.82) is 0 Å². The summed E-state index contributed by atoms with van der Waals surface area (Å²) in [7, 11) is 0. The van der Waals surface area contributed by atoms with Crippen LogP contribution in [0.2, 0.25) is 0 Å². The Labute approximate surface area is 85.4 Å². The van der Waals surface area contributed by atoms with E-state index in [4.69, 9.17) is 5.73 Å². The molecule has 72 valence electrons. The number of fused-ring (bicyclic) bond motifs is 1. The van der Waals surface area contributed by atoms with E-state index < -0.39 is 6.03 Å². The van der Waals surface area contributed by atoms with Crippen LogP contribution in [0.1, 0.15) is 0 Å². The summed E-state index contributed by atoms with van der Waals surface area (Å²) in [6.07, 6.45) is 1.67. The highest BCUT2D eigenvalue weighted by Gasteiger charge is 2.08. The summed E-state index contributed by atoms with van der Waals surface area (Å²) in [6, 6.07) is 4.70. The Morgan fingerprint density at radius 1 is 1.57 bits per heavy atom. The highest BCUT2D eigenvalue weighted by atomic mass is 32.1. The lowest BCUT2D eigenvalue weighted by Gasteiger charge is -2.11. The van der Waals surface area contributed by atoms with E-state index in [1.807, 2.05) is 6.07 Å². The van der Waals surface area contributed by atoms with Crippen LogP contribution in [0.5, 0.6) is 0 Å². The Kier molecular flexibility index (Phi) is 2.05. The van der Waals surface area contributed by atoms with E-state index in [2.05, 4.69) is 23.0 Å². The molecular formula is C8H8N4OS. The van der Waals surface area contributed by atoms with Gasteiger partial charge >= 0.3 is 6.03 Å². The lowest BCUT2D eigenvalue weighted by molar-refractivity contribution is 0.257. The number of carbonyl (C=O) groups excluding carboxylic acids is 1. The van der Waals surface area contributed by atoms with Crippen molar-refractivity contribution in [2.24, 2.45) is 5.73 Å². The zero-order valence-corrected chi connectivity index (χ0v) is 8.03. The zero-order valence-electron chi connectivity index (χ0n) is 7.14. The van der Waals surface area contributed by atoms with Gasteiger partial charge in [0.1, 0.15) is 0 Å². The second-order valence-electron chi connectivity index (χ2n) is 2.79. The van der Waals surface area contributed by atoms with Gasteiger partial charge in [-0.15, -0.1) is 0 Å². The average Bonchev–Trinajstić information content (AvgIpc) is 2.62. The van der Waals surface area contributed by atoms with Crippen LogP contribution in [-0.4, -0.2) is 16.2 Å². The van der Waals surface area contributed by atoms with Crippen LogP contribution >= 0.6 is 12.8 Å². The van der Waals surface area contributed by atoms with Gasteiger partial charge in [-0.25, -0.2) is 9.10 Å². The summed E-state index contributed by atoms with van der Waals surface area (Å²) < 4.78 is 1.08. The van der Waals surface area contributed by atoms with Gasteiger partial charge in [0.2, 0.25) is 0 Å². The van der Waals surface area contributed by atoms with E-state index in [1.165, 1.54) is 0 Å². The highest BCUT2D eigenvalue weighted by Crippen LogP contribution is 2.21. The number of hydrogen-bond donors (Lipinski definition) is 3. The lowest BCUT2D eigenvalue weighted by Crippen LogP contribution is -2.27. The van der Waals surface area contributed by atoms with E-state index in [9.17, 15) is 4.79 Å². The Bertz CT molecular complexity index is 481. The van der Waals surface area contributed by atoms with Gasteiger partial charge in [-0.2, -0.15) is 5.10 Å². The largest absolute Gasteiger partial charge is 0.350 e. The molecule has 3 N–H and O–H groups in total. The fraction of sp³-hybridized carbons (Fsp3) is 0. The summed E-state index contributed by atoms with van der Waals surface area (Å²) in [6.45, 7) is 0. The topological polar surface area (TPSA) is 75.0 Å². The molecule has 1 aromatic carbocycles. The molecular weight excluding hydrogens is 200 g/mol. The molecule has 0 bridgehead atoms. The van der Waals surface area contributed by atoms with Crippen molar-refractivity contribution in [2.45, 2.75) is 0 Å². The number of benzene rings is 1. The van der Waals surface area contributed by atoms with Gasteiger partial charge in [-0.3, -0.25) is 5.10 Å². The van der Waals surface area contributed by atoms with Gasteiger partial charge in [0.05, 0.1) is 17.4 Å². The minimum absolute atomic E-state index is 0.615. The van der Waals surface area contributed by atoms with Crippen molar-refractivity contribution in [2.75, 3.05) is 4.31 Å². The molecule has 0 aliphatic rings. The minimum atomic E-state index is -0.615. The fourth-order valence-electron chi connectivity index (χ4n) is 1.19. The number of rotatable bonds is 1. The Balaban J connectivity index is 2.48. The summed E-state index contributed by atoms with van der Waals surface area (Å²) in [4.78, 5) is 10.8. The normalized spacial score (nSPS) is 10.4. The van der Waals surface area contributed by atoms with Crippen molar-refractivity contribution in [3.8, 4) is 0 Å². The number of carbonyl (C=O) groups is 1. The monoisotopic (exact) mass is 208 g/mol. The third-order valence-corrected chi connectivity index (χ3v) is 2.31. The quantitative estimate of drug-likeness (QED) is 0.618. The number of H-pyrrole nitrogens is 1. The number of aromatic amines is 1. The maximum atomic E-state index is 10.8. The van der Waals surface area contributed by atoms with E-state index in [-0.39, 0.29) is 0 Å². The second kappa shape index (κ2) is 3.22. The first-order chi connectivity index (χ1) is 6.68. The third kappa shape index (κ3) is 1.39. The molecule has 5 nitrogen and oxygen atoms in total. The number of urea groups is 1. The van der Waals surface area contributed by atoms with Gasteiger partial charge in [0.15, 0.2) is 0 Å². The SMILES string of the molecule is NC(=O)N(S)c1ccc2[nH]ncc2c1. The number of thiol groups is 1. The summed E-state index contributed by atoms with van der Waals surface area (Å²) in [5.74, 6) is 0. The molecule has 2 aromatic rings. The summed E-state index contributed by atoms with van der Waals surface area (Å²) >= 11 is 3.95. The summed E-state index contributed by atoms with van der Waals surface area (Å²) in [5, 5.41) is 7.57. The first kappa shape index (κ1) is 8.89. The second-order valence-corrected chi connectivity index (χ2v) is 3.19. The molecule has 0 radical (unpaired) electrons. The fourth-order valence-corrected chi connectivity index (χ4v) is 1.31.